The fraction of sp³-hybridized carbons (Fsp3) is 0.278. The summed E-state index contributed by atoms with van der Waals surface area (Å²) in [6, 6.07) is 13.4. The van der Waals surface area contributed by atoms with Crippen LogP contribution in [0.3, 0.4) is 0 Å². The van der Waals surface area contributed by atoms with E-state index in [9.17, 15) is 13.2 Å². The van der Waals surface area contributed by atoms with Gasteiger partial charge >= 0.3 is 0 Å². The molecule has 2 N–H and O–H groups in total. The van der Waals surface area contributed by atoms with Crippen LogP contribution < -0.4 is 10.0 Å². The van der Waals surface area contributed by atoms with Crippen LogP contribution in [-0.2, 0) is 20.2 Å². The van der Waals surface area contributed by atoms with Crippen LogP contribution in [0.15, 0.2) is 53.4 Å². The summed E-state index contributed by atoms with van der Waals surface area (Å²) in [7, 11) is -3.65. The van der Waals surface area contributed by atoms with Crippen molar-refractivity contribution >= 4 is 27.3 Å². The molecule has 6 heteroatoms. The van der Waals surface area contributed by atoms with Gasteiger partial charge in [0.05, 0.1) is 4.90 Å². The van der Waals surface area contributed by atoms with Crippen molar-refractivity contribution in [1.29, 1.82) is 0 Å². The molecular formula is C18H22N2O3S. The predicted molar refractivity (Wildman–Crippen MR) is 96.7 cm³/mol. The Balaban J connectivity index is 2.17. The zero-order chi connectivity index (χ0) is 18.0. The van der Waals surface area contributed by atoms with Crippen molar-refractivity contribution < 1.29 is 13.2 Å². The number of rotatable bonds is 4. The Hall–Kier alpha value is -2.34. The number of carbonyl (C=O) groups is 1. The zero-order valence-electron chi connectivity index (χ0n) is 14.3. The van der Waals surface area contributed by atoms with Crippen LogP contribution in [0.4, 0.5) is 11.4 Å². The summed E-state index contributed by atoms with van der Waals surface area (Å²) in [4.78, 5) is 11.2. The highest BCUT2D eigenvalue weighted by atomic mass is 32.2. The maximum atomic E-state index is 12.4. The highest BCUT2D eigenvalue weighted by Gasteiger charge is 2.17. The van der Waals surface area contributed by atoms with E-state index in [0.717, 1.165) is 5.56 Å². The Bertz CT molecular complexity index is 818. The van der Waals surface area contributed by atoms with Gasteiger partial charge in [0.1, 0.15) is 0 Å². The van der Waals surface area contributed by atoms with Crippen molar-refractivity contribution in [1.82, 2.24) is 0 Å². The fourth-order valence-electron chi connectivity index (χ4n) is 2.17. The van der Waals surface area contributed by atoms with Crippen LogP contribution in [0.2, 0.25) is 0 Å². The molecular weight excluding hydrogens is 324 g/mol. The Morgan fingerprint density at radius 1 is 0.875 bits per heavy atom. The van der Waals surface area contributed by atoms with Gasteiger partial charge in [-0.05, 0) is 47.4 Å². The van der Waals surface area contributed by atoms with Crippen LogP contribution in [0.1, 0.15) is 33.3 Å². The summed E-state index contributed by atoms with van der Waals surface area (Å²) in [5, 5.41) is 2.63. The molecule has 2 aromatic carbocycles. The molecule has 0 aliphatic rings. The number of nitrogens with one attached hydrogen (secondary N) is 2. The minimum atomic E-state index is -3.65. The van der Waals surface area contributed by atoms with Gasteiger partial charge in [-0.3, -0.25) is 9.52 Å². The van der Waals surface area contributed by atoms with Gasteiger partial charge in [-0.25, -0.2) is 8.42 Å². The molecule has 0 radical (unpaired) electrons. The summed E-state index contributed by atoms with van der Waals surface area (Å²) in [5.74, 6) is -0.178. The van der Waals surface area contributed by atoms with E-state index < -0.39 is 10.0 Å². The standard InChI is InChI=1S/C18H22N2O3S/c1-13(21)19-15-7-9-16(10-8-15)20-24(22,23)17-11-5-14(6-12-17)18(2,3)4/h5-12,20H,1-4H3,(H,19,21). The summed E-state index contributed by atoms with van der Waals surface area (Å²) in [6.45, 7) is 7.64. The van der Waals surface area contributed by atoms with E-state index in [4.69, 9.17) is 0 Å². The normalized spacial score (nSPS) is 11.8. The highest BCUT2D eigenvalue weighted by molar-refractivity contribution is 7.92. The SMILES string of the molecule is CC(=O)Nc1ccc(NS(=O)(=O)c2ccc(C(C)(C)C)cc2)cc1. The van der Waals surface area contributed by atoms with Crippen molar-refractivity contribution in [2.24, 2.45) is 0 Å². The molecule has 0 aliphatic heterocycles. The highest BCUT2D eigenvalue weighted by Crippen LogP contribution is 2.24. The van der Waals surface area contributed by atoms with Gasteiger partial charge in [-0.2, -0.15) is 0 Å². The molecule has 0 atom stereocenters. The molecule has 0 saturated heterocycles. The Morgan fingerprint density at radius 3 is 1.83 bits per heavy atom. The maximum absolute atomic E-state index is 12.4. The Morgan fingerprint density at radius 2 is 1.38 bits per heavy atom. The third-order valence-electron chi connectivity index (χ3n) is 3.49. The lowest BCUT2D eigenvalue weighted by Crippen LogP contribution is -2.15. The lowest BCUT2D eigenvalue weighted by Gasteiger charge is -2.19. The van der Waals surface area contributed by atoms with Gasteiger partial charge in [-0.15, -0.1) is 0 Å². The van der Waals surface area contributed by atoms with E-state index in [1.165, 1.54) is 6.92 Å². The lowest BCUT2D eigenvalue weighted by molar-refractivity contribution is -0.114. The second-order valence-electron chi connectivity index (χ2n) is 6.64. The number of amides is 1. The number of carbonyl (C=O) groups excluding carboxylic acids is 1. The van der Waals surface area contributed by atoms with E-state index in [0.29, 0.717) is 11.4 Å². The van der Waals surface area contributed by atoms with Gasteiger partial charge in [0.25, 0.3) is 10.0 Å². The zero-order valence-corrected chi connectivity index (χ0v) is 15.1. The maximum Gasteiger partial charge on any atom is 0.261 e. The molecule has 0 aliphatic carbocycles. The average Bonchev–Trinajstić information content (AvgIpc) is 2.48. The molecule has 0 saturated carbocycles. The van der Waals surface area contributed by atoms with Gasteiger partial charge in [0.2, 0.25) is 5.91 Å². The van der Waals surface area contributed by atoms with Gasteiger partial charge in [-0.1, -0.05) is 32.9 Å². The van der Waals surface area contributed by atoms with E-state index in [1.807, 2.05) is 12.1 Å². The first-order valence-electron chi connectivity index (χ1n) is 7.59. The minimum absolute atomic E-state index is 0.0325. The summed E-state index contributed by atoms with van der Waals surface area (Å²) >= 11 is 0. The van der Waals surface area contributed by atoms with Crippen LogP contribution >= 0.6 is 0 Å². The van der Waals surface area contributed by atoms with E-state index in [1.54, 1.807) is 36.4 Å². The second kappa shape index (κ2) is 6.65. The average molecular weight is 346 g/mol. The molecule has 0 unspecified atom stereocenters. The van der Waals surface area contributed by atoms with Crippen molar-refractivity contribution in [2.45, 2.75) is 38.0 Å². The number of hydrogen-bond donors (Lipinski definition) is 2. The summed E-state index contributed by atoms with van der Waals surface area (Å²) < 4.78 is 27.4. The Kier molecular flexibility index (Phi) is 4.99. The second-order valence-corrected chi connectivity index (χ2v) is 8.32. The number of anilines is 2. The largest absolute Gasteiger partial charge is 0.326 e. The molecule has 0 fully saturated rings. The first-order chi connectivity index (χ1) is 11.1. The number of hydrogen-bond acceptors (Lipinski definition) is 3. The van der Waals surface area contributed by atoms with Gasteiger partial charge in [0, 0.05) is 18.3 Å². The third-order valence-corrected chi connectivity index (χ3v) is 4.89. The number of sulfonamides is 1. The first kappa shape index (κ1) is 18.0. The molecule has 1 amide bonds. The molecule has 0 bridgehead atoms. The van der Waals surface area contributed by atoms with Crippen LogP contribution in [0.5, 0.6) is 0 Å². The lowest BCUT2D eigenvalue weighted by atomic mass is 9.87. The molecule has 0 heterocycles. The van der Waals surface area contributed by atoms with Crippen LogP contribution in [0.25, 0.3) is 0 Å². The fourth-order valence-corrected chi connectivity index (χ4v) is 3.23. The monoisotopic (exact) mass is 346 g/mol. The molecule has 0 spiro atoms. The minimum Gasteiger partial charge on any atom is -0.326 e. The van der Waals surface area contributed by atoms with Crippen molar-refractivity contribution in [2.75, 3.05) is 10.0 Å². The molecule has 5 nitrogen and oxygen atoms in total. The summed E-state index contributed by atoms with van der Waals surface area (Å²) in [6.07, 6.45) is 0. The van der Waals surface area contributed by atoms with Gasteiger partial charge < -0.3 is 5.32 Å². The van der Waals surface area contributed by atoms with Crippen LogP contribution in [0, 0.1) is 0 Å². The van der Waals surface area contributed by atoms with E-state index >= 15 is 0 Å². The predicted octanol–water partition coefficient (Wildman–Crippen LogP) is 3.74. The molecule has 2 rings (SSSR count). The van der Waals surface area contributed by atoms with E-state index in [2.05, 4.69) is 30.8 Å². The molecule has 0 aromatic heterocycles. The first-order valence-corrected chi connectivity index (χ1v) is 9.07. The molecule has 2 aromatic rings. The van der Waals surface area contributed by atoms with Crippen molar-refractivity contribution in [3.8, 4) is 0 Å². The van der Waals surface area contributed by atoms with Crippen molar-refractivity contribution in [3.63, 3.8) is 0 Å². The smallest absolute Gasteiger partial charge is 0.261 e. The summed E-state index contributed by atoms with van der Waals surface area (Å²) in [5.41, 5.74) is 2.08. The van der Waals surface area contributed by atoms with Crippen molar-refractivity contribution in [3.05, 3.63) is 54.1 Å². The molecule has 24 heavy (non-hydrogen) atoms. The Labute approximate surface area is 143 Å². The topological polar surface area (TPSA) is 75.3 Å². The molecule has 128 valence electrons. The van der Waals surface area contributed by atoms with E-state index in [-0.39, 0.29) is 16.2 Å². The number of benzene rings is 2. The third kappa shape index (κ3) is 4.58. The van der Waals surface area contributed by atoms with Gasteiger partial charge in [0.15, 0.2) is 0 Å². The van der Waals surface area contributed by atoms with Crippen LogP contribution in [-0.4, -0.2) is 14.3 Å². The quantitative estimate of drug-likeness (QED) is 0.885.